The topological polar surface area (TPSA) is 199 Å². The van der Waals surface area contributed by atoms with Crippen molar-refractivity contribution in [2.24, 2.45) is 23.2 Å². The number of carbonyl (C=O) groups is 7. The van der Waals surface area contributed by atoms with Crippen molar-refractivity contribution in [2.75, 3.05) is 32.8 Å². The molecule has 0 aliphatic carbocycles. The van der Waals surface area contributed by atoms with Crippen molar-refractivity contribution in [3.8, 4) is 0 Å². The first-order chi connectivity index (χ1) is 30.4. The number of rotatable bonds is 23. The molecule has 0 bridgehead atoms. The van der Waals surface area contributed by atoms with E-state index < -0.39 is 64.6 Å². The van der Waals surface area contributed by atoms with Crippen LogP contribution >= 0.6 is 0 Å². The van der Waals surface area contributed by atoms with Gasteiger partial charge in [0.15, 0.2) is 5.78 Å². The van der Waals surface area contributed by atoms with Crippen LogP contribution in [-0.4, -0.2) is 103 Å². The van der Waals surface area contributed by atoms with Gasteiger partial charge >= 0.3 is 18.2 Å². The number of hydrogen-bond acceptors (Lipinski definition) is 10. The Balaban J connectivity index is 1.77. The van der Waals surface area contributed by atoms with Crippen LogP contribution in [0.3, 0.4) is 0 Å². The van der Waals surface area contributed by atoms with Gasteiger partial charge in [-0.3, -0.25) is 24.0 Å². The minimum atomic E-state index is -1.03. The van der Waals surface area contributed by atoms with Crippen molar-refractivity contribution < 1.29 is 47.8 Å². The number of likely N-dealkylation sites (tertiary alicyclic amines) is 1. The molecule has 360 valence electrons. The molecule has 0 spiro atoms. The summed E-state index contributed by atoms with van der Waals surface area (Å²) in [7, 11) is 0. The summed E-state index contributed by atoms with van der Waals surface area (Å²) in [5.41, 5.74) is -0.515. The van der Waals surface area contributed by atoms with E-state index in [1.165, 1.54) is 0 Å². The Bertz CT molecular complexity index is 1880. The van der Waals surface area contributed by atoms with Gasteiger partial charge in [-0.2, -0.15) is 0 Å². The minimum Gasteiger partial charge on any atom is -0.463 e. The quantitative estimate of drug-likeness (QED) is 0.0529. The lowest BCUT2D eigenvalue weighted by atomic mass is 9.87. The number of benzene rings is 2. The first-order valence-corrected chi connectivity index (χ1v) is 23.1. The number of unbranched alkanes of at least 4 members (excludes halogenated alkanes) is 1. The van der Waals surface area contributed by atoms with E-state index >= 15 is 0 Å². The number of nitrogens with zero attached hydrogens (tertiary/aromatic N) is 1. The highest BCUT2D eigenvalue weighted by molar-refractivity contribution is 5.94. The third-order valence-electron chi connectivity index (χ3n) is 10.9. The van der Waals surface area contributed by atoms with Crippen molar-refractivity contribution in [1.82, 2.24) is 26.2 Å². The molecule has 2 aromatic carbocycles. The molecule has 1 unspecified atom stereocenters. The summed E-state index contributed by atoms with van der Waals surface area (Å²) in [6, 6.07) is 17.2. The van der Waals surface area contributed by atoms with Gasteiger partial charge in [0, 0.05) is 37.9 Å². The Morgan fingerprint density at radius 2 is 1.25 bits per heavy atom. The number of ether oxygens (including phenoxy) is 3. The number of ketones is 1. The molecule has 5 atom stereocenters. The molecule has 15 nitrogen and oxygen atoms in total. The van der Waals surface area contributed by atoms with Gasteiger partial charge in [0.25, 0.3) is 0 Å². The number of nitrogens with one attached hydrogen (secondary N) is 4. The second-order valence-electron chi connectivity index (χ2n) is 20.0. The van der Waals surface area contributed by atoms with Gasteiger partial charge in [-0.15, -0.1) is 0 Å². The van der Waals surface area contributed by atoms with E-state index in [9.17, 15) is 33.6 Å². The van der Waals surface area contributed by atoms with E-state index in [0.717, 1.165) is 11.1 Å². The number of esters is 1. The van der Waals surface area contributed by atoms with Gasteiger partial charge in [0.1, 0.15) is 23.9 Å². The summed E-state index contributed by atoms with van der Waals surface area (Å²) >= 11 is 0. The van der Waals surface area contributed by atoms with E-state index in [1.807, 2.05) is 81.4 Å². The molecule has 0 aromatic heterocycles. The van der Waals surface area contributed by atoms with Crippen LogP contribution in [0, 0.1) is 23.2 Å². The van der Waals surface area contributed by atoms with Gasteiger partial charge in [0.05, 0.1) is 18.0 Å². The minimum absolute atomic E-state index is 0.0179. The standard InChI is InChI=1S/C50H75N5O10/c1-34(2)29-38(32-41(56)40(31-37-21-15-12-16-22-37)54-42(57)35(3)30-36-19-13-11-14-20-36)43(58)53-39(23-17-18-25-51-46(61)64-48(4,5)6)44(59)55-27-24-50(10,33-55)45(60)63-28-26-52-47(62)65-49(7,8)9/h11-16,19-22,34-35,38-40H,17-18,23-33H2,1-10H3,(H,51,61)(H,52,62)(H,53,58)(H,54,57)/t35-,38+,39-,40-,50?/m1/s1. The maximum absolute atomic E-state index is 14.4. The lowest BCUT2D eigenvalue weighted by Crippen LogP contribution is -2.51. The Morgan fingerprint density at radius 3 is 1.80 bits per heavy atom. The smallest absolute Gasteiger partial charge is 0.407 e. The van der Waals surface area contributed by atoms with Gasteiger partial charge in [-0.25, -0.2) is 9.59 Å². The summed E-state index contributed by atoms with van der Waals surface area (Å²) in [6.07, 6.45) is 1.22. The summed E-state index contributed by atoms with van der Waals surface area (Å²) in [5, 5.41) is 11.3. The Kier molecular flexibility index (Phi) is 21.0. The largest absolute Gasteiger partial charge is 0.463 e. The fourth-order valence-electron chi connectivity index (χ4n) is 7.55. The van der Waals surface area contributed by atoms with E-state index in [4.69, 9.17) is 14.2 Å². The summed E-state index contributed by atoms with van der Waals surface area (Å²) in [6.45, 7) is 18.5. The molecule has 1 aliphatic rings. The molecule has 1 heterocycles. The predicted octanol–water partition coefficient (Wildman–Crippen LogP) is 6.70. The first kappa shape index (κ1) is 53.9. The van der Waals surface area contributed by atoms with Crippen molar-refractivity contribution >= 4 is 41.7 Å². The van der Waals surface area contributed by atoms with Crippen molar-refractivity contribution in [3.63, 3.8) is 0 Å². The number of alkyl carbamates (subject to hydrolysis) is 2. The fraction of sp³-hybridized carbons (Fsp3) is 0.620. The third-order valence-corrected chi connectivity index (χ3v) is 10.9. The third kappa shape index (κ3) is 20.1. The molecule has 15 heteroatoms. The zero-order valence-corrected chi connectivity index (χ0v) is 40.4. The molecule has 1 saturated heterocycles. The van der Waals surface area contributed by atoms with Crippen LogP contribution in [0.1, 0.15) is 119 Å². The maximum atomic E-state index is 14.4. The monoisotopic (exact) mass is 906 g/mol. The van der Waals surface area contributed by atoms with Crippen molar-refractivity contribution in [2.45, 2.75) is 144 Å². The van der Waals surface area contributed by atoms with Gasteiger partial charge in [0.2, 0.25) is 17.7 Å². The molecule has 65 heavy (non-hydrogen) atoms. The Labute approximate surface area is 386 Å². The molecule has 5 amide bonds. The van der Waals surface area contributed by atoms with Crippen molar-refractivity contribution in [3.05, 3.63) is 71.8 Å². The van der Waals surface area contributed by atoms with E-state index in [-0.39, 0.29) is 75.6 Å². The average Bonchev–Trinajstić information content (AvgIpc) is 3.63. The lowest BCUT2D eigenvalue weighted by Gasteiger charge is -2.28. The summed E-state index contributed by atoms with van der Waals surface area (Å²) < 4.78 is 16.1. The van der Waals surface area contributed by atoms with Gasteiger partial charge in [-0.1, -0.05) is 81.4 Å². The van der Waals surface area contributed by atoms with Crippen LogP contribution < -0.4 is 21.3 Å². The molecule has 2 aromatic rings. The first-order valence-electron chi connectivity index (χ1n) is 23.1. The molecular formula is C50H75N5O10. The summed E-state index contributed by atoms with van der Waals surface area (Å²) in [4.78, 5) is 95.8. The highest BCUT2D eigenvalue weighted by atomic mass is 16.6. The predicted molar refractivity (Wildman–Crippen MR) is 248 cm³/mol. The van der Waals surface area contributed by atoms with Gasteiger partial charge < -0.3 is 40.4 Å². The number of carbonyl (C=O) groups excluding carboxylic acids is 7. The SMILES string of the molecule is CC(C)C[C@@H](CC(=O)[C@@H](Cc1ccccc1)NC(=O)[C@H](C)Cc1ccccc1)C(=O)N[C@H](CCCCNC(=O)OC(C)(C)C)C(=O)N1CCC(C)(C(=O)OCCNC(=O)OC(C)(C)C)C1. The normalized spacial score (nSPS) is 16.9. The molecule has 1 aliphatic heterocycles. The molecule has 3 rings (SSSR count). The fourth-order valence-corrected chi connectivity index (χ4v) is 7.55. The Morgan fingerprint density at radius 1 is 0.708 bits per heavy atom. The number of Topliss-reactive ketones (excluding diaryl/α,β-unsaturated/α-hetero) is 1. The van der Waals surface area contributed by atoms with Crippen LogP contribution in [-0.2, 0) is 51.0 Å². The molecule has 1 fully saturated rings. The van der Waals surface area contributed by atoms with Gasteiger partial charge in [-0.05, 0) is 110 Å². The highest BCUT2D eigenvalue weighted by Crippen LogP contribution is 2.32. The zero-order chi connectivity index (χ0) is 48.4. The Hall–Kier alpha value is -5.47. The maximum Gasteiger partial charge on any atom is 0.407 e. The number of amides is 5. The van der Waals surface area contributed by atoms with Crippen molar-refractivity contribution in [1.29, 1.82) is 0 Å². The zero-order valence-electron chi connectivity index (χ0n) is 40.4. The molecular weight excluding hydrogens is 831 g/mol. The molecule has 0 radical (unpaired) electrons. The van der Waals surface area contributed by atoms with Crippen LogP contribution in [0.5, 0.6) is 0 Å². The molecule has 0 saturated carbocycles. The van der Waals surface area contributed by atoms with Crippen LogP contribution in [0.4, 0.5) is 9.59 Å². The van der Waals surface area contributed by atoms with E-state index in [2.05, 4.69) is 21.3 Å². The van der Waals surface area contributed by atoms with E-state index in [0.29, 0.717) is 32.1 Å². The van der Waals surface area contributed by atoms with Crippen LogP contribution in [0.15, 0.2) is 60.7 Å². The lowest BCUT2D eigenvalue weighted by molar-refractivity contribution is -0.154. The average molecular weight is 906 g/mol. The van der Waals surface area contributed by atoms with Crippen LogP contribution in [0.25, 0.3) is 0 Å². The second-order valence-corrected chi connectivity index (χ2v) is 20.0. The number of hydrogen-bond donors (Lipinski definition) is 4. The molecule has 4 N–H and O–H groups in total. The summed E-state index contributed by atoms with van der Waals surface area (Å²) in [5.74, 6) is -3.12. The second kappa shape index (κ2) is 25.3. The van der Waals surface area contributed by atoms with E-state index in [1.54, 1.807) is 53.4 Å². The highest BCUT2D eigenvalue weighted by Gasteiger charge is 2.45. The van der Waals surface area contributed by atoms with Crippen LogP contribution in [0.2, 0.25) is 0 Å².